The SMILES string of the molecule is CC[C@@H](C)NC(=O)[C@H](C)N(Cc1ccc(C)cc1)C(=O)CN(c1ccc(F)cc1)S(=O)(=O)c1ccc(OC)cc1. The summed E-state index contributed by atoms with van der Waals surface area (Å²) in [5.41, 5.74) is 1.93. The molecule has 10 heteroatoms. The minimum atomic E-state index is -4.26. The van der Waals surface area contributed by atoms with Gasteiger partial charge in [-0.25, -0.2) is 12.8 Å². The topological polar surface area (TPSA) is 96.0 Å². The maximum absolute atomic E-state index is 13.9. The summed E-state index contributed by atoms with van der Waals surface area (Å²) in [7, 11) is -2.79. The van der Waals surface area contributed by atoms with E-state index in [0.717, 1.165) is 27.6 Å². The number of amides is 2. The van der Waals surface area contributed by atoms with Crippen molar-refractivity contribution in [3.63, 3.8) is 0 Å². The van der Waals surface area contributed by atoms with Gasteiger partial charge >= 0.3 is 0 Å². The van der Waals surface area contributed by atoms with Gasteiger partial charge < -0.3 is 15.0 Å². The molecule has 0 heterocycles. The highest BCUT2D eigenvalue weighted by Crippen LogP contribution is 2.26. The molecule has 40 heavy (non-hydrogen) atoms. The van der Waals surface area contributed by atoms with E-state index in [-0.39, 0.29) is 29.1 Å². The predicted molar refractivity (Wildman–Crippen MR) is 153 cm³/mol. The van der Waals surface area contributed by atoms with Gasteiger partial charge in [0.15, 0.2) is 0 Å². The summed E-state index contributed by atoms with van der Waals surface area (Å²) in [5, 5.41) is 2.90. The van der Waals surface area contributed by atoms with Gasteiger partial charge in [-0.3, -0.25) is 13.9 Å². The highest BCUT2D eigenvalue weighted by molar-refractivity contribution is 7.92. The first kappa shape index (κ1) is 30.6. The number of hydrogen-bond donors (Lipinski definition) is 1. The number of sulfonamides is 1. The number of rotatable bonds is 12. The van der Waals surface area contributed by atoms with Crippen LogP contribution >= 0.6 is 0 Å². The third-order valence-corrected chi connectivity index (χ3v) is 8.47. The van der Waals surface area contributed by atoms with E-state index >= 15 is 0 Å². The molecule has 0 saturated carbocycles. The van der Waals surface area contributed by atoms with Gasteiger partial charge in [-0.05, 0) is 81.3 Å². The molecule has 214 valence electrons. The predicted octanol–water partition coefficient (Wildman–Crippen LogP) is 4.67. The third-order valence-electron chi connectivity index (χ3n) is 6.68. The molecule has 0 saturated heterocycles. The average molecular weight is 570 g/mol. The van der Waals surface area contributed by atoms with Crippen molar-refractivity contribution in [1.29, 1.82) is 0 Å². The van der Waals surface area contributed by atoms with Crippen LogP contribution in [0.25, 0.3) is 0 Å². The lowest BCUT2D eigenvalue weighted by molar-refractivity contribution is -0.139. The molecule has 1 N–H and O–H groups in total. The van der Waals surface area contributed by atoms with Gasteiger partial charge in [0.25, 0.3) is 10.0 Å². The number of nitrogens with one attached hydrogen (secondary N) is 1. The largest absolute Gasteiger partial charge is 0.497 e. The summed E-state index contributed by atoms with van der Waals surface area (Å²) in [6.45, 7) is 6.86. The first-order valence-corrected chi connectivity index (χ1v) is 14.5. The quantitative estimate of drug-likeness (QED) is 0.342. The van der Waals surface area contributed by atoms with E-state index in [9.17, 15) is 22.4 Å². The van der Waals surface area contributed by atoms with Crippen LogP contribution in [0.3, 0.4) is 0 Å². The summed E-state index contributed by atoms with van der Waals surface area (Å²) in [6.07, 6.45) is 0.711. The molecule has 0 fully saturated rings. The molecule has 3 rings (SSSR count). The van der Waals surface area contributed by atoms with Crippen molar-refractivity contribution >= 4 is 27.5 Å². The standard InChI is InChI=1S/C30H36FN3O5S/c1-6-22(3)32-30(36)23(4)33(19-24-9-7-21(2)8-10-24)29(35)20-34(26-13-11-25(31)12-14-26)40(37,38)28-17-15-27(39-5)16-18-28/h7-18,22-23H,6,19-20H2,1-5H3,(H,32,36)/t22-,23+/m1/s1. The van der Waals surface area contributed by atoms with Crippen LogP contribution in [0.5, 0.6) is 5.75 Å². The van der Waals surface area contributed by atoms with Crippen LogP contribution in [0, 0.1) is 12.7 Å². The van der Waals surface area contributed by atoms with Gasteiger partial charge in [-0.2, -0.15) is 0 Å². The van der Waals surface area contributed by atoms with E-state index in [1.165, 1.54) is 48.4 Å². The average Bonchev–Trinajstić information content (AvgIpc) is 2.95. The first-order chi connectivity index (χ1) is 19.0. The molecule has 3 aromatic carbocycles. The lowest BCUT2D eigenvalue weighted by Gasteiger charge is -2.32. The number of methoxy groups -OCH3 is 1. The Hall–Kier alpha value is -3.92. The van der Waals surface area contributed by atoms with Crippen molar-refractivity contribution < 1.29 is 27.1 Å². The summed E-state index contributed by atoms with van der Waals surface area (Å²) < 4.78 is 47.4. The number of halogens is 1. The number of anilines is 1. The number of carbonyl (C=O) groups is 2. The van der Waals surface area contributed by atoms with Crippen molar-refractivity contribution in [2.24, 2.45) is 0 Å². The number of aryl methyl sites for hydroxylation is 1. The lowest BCUT2D eigenvalue weighted by Crippen LogP contribution is -2.52. The summed E-state index contributed by atoms with van der Waals surface area (Å²) in [6, 6.07) is 17.2. The van der Waals surface area contributed by atoms with Crippen LogP contribution in [0.1, 0.15) is 38.3 Å². The maximum Gasteiger partial charge on any atom is 0.264 e. The van der Waals surface area contributed by atoms with Crippen LogP contribution in [0.2, 0.25) is 0 Å². The Morgan fingerprint density at radius 2 is 1.55 bits per heavy atom. The number of nitrogens with zero attached hydrogens (tertiary/aromatic N) is 2. The minimum Gasteiger partial charge on any atom is -0.497 e. The van der Waals surface area contributed by atoms with Gasteiger partial charge in [0.05, 0.1) is 17.7 Å². The summed E-state index contributed by atoms with van der Waals surface area (Å²) in [5.74, 6) is -1.02. The Bertz CT molecular complexity index is 1390. The van der Waals surface area contributed by atoms with Crippen LogP contribution in [-0.2, 0) is 26.2 Å². The van der Waals surface area contributed by atoms with Gasteiger partial charge in [0.2, 0.25) is 11.8 Å². The van der Waals surface area contributed by atoms with Gasteiger partial charge in [0.1, 0.15) is 24.2 Å². The highest BCUT2D eigenvalue weighted by atomic mass is 32.2. The lowest BCUT2D eigenvalue weighted by atomic mass is 10.1. The fourth-order valence-corrected chi connectivity index (χ4v) is 5.36. The number of hydrogen-bond acceptors (Lipinski definition) is 5. The summed E-state index contributed by atoms with van der Waals surface area (Å²) in [4.78, 5) is 28.3. The fourth-order valence-electron chi connectivity index (χ4n) is 3.95. The van der Waals surface area contributed by atoms with Gasteiger partial charge in [0, 0.05) is 12.6 Å². The van der Waals surface area contributed by atoms with E-state index < -0.39 is 34.3 Å². The minimum absolute atomic E-state index is 0.0712. The van der Waals surface area contributed by atoms with Crippen LogP contribution < -0.4 is 14.4 Å². The molecule has 0 spiro atoms. The molecule has 2 atom stereocenters. The van der Waals surface area contributed by atoms with E-state index in [1.54, 1.807) is 6.92 Å². The van der Waals surface area contributed by atoms with Crippen LogP contribution in [0.15, 0.2) is 77.7 Å². The first-order valence-electron chi connectivity index (χ1n) is 13.0. The second kappa shape index (κ2) is 13.4. The number of benzene rings is 3. The summed E-state index contributed by atoms with van der Waals surface area (Å²) >= 11 is 0. The van der Waals surface area contributed by atoms with Crippen molar-refractivity contribution in [1.82, 2.24) is 10.2 Å². The zero-order valence-electron chi connectivity index (χ0n) is 23.4. The Labute approximate surface area is 235 Å². The molecule has 0 bridgehead atoms. The van der Waals surface area contributed by atoms with Crippen molar-refractivity contribution in [2.75, 3.05) is 18.0 Å². The molecule has 0 aliphatic carbocycles. The normalized spacial score (nSPS) is 12.8. The highest BCUT2D eigenvalue weighted by Gasteiger charge is 2.32. The number of ether oxygens (including phenoxy) is 1. The molecule has 0 radical (unpaired) electrons. The molecule has 8 nitrogen and oxygen atoms in total. The molecule has 0 unspecified atom stereocenters. The zero-order chi connectivity index (χ0) is 29.4. The molecule has 3 aromatic rings. The fraction of sp³-hybridized carbons (Fsp3) is 0.333. The Morgan fingerprint density at radius 1 is 0.950 bits per heavy atom. The molecule has 0 aromatic heterocycles. The van der Waals surface area contributed by atoms with Crippen molar-refractivity contribution in [3.8, 4) is 5.75 Å². The second-order valence-electron chi connectivity index (χ2n) is 9.66. The Kier molecular flexibility index (Phi) is 10.3. The van der Waals surface area contributed by atoms with Gasteiger partial charge in [-0.15, -0.1) is 0 Å². The van der Waals surface area contributed by atoms with Gasteiger partial charge in [-0.1, -0.05) is 36.8 Å². The Balaban J connectivity index is 2.01. The number of carbonyl (C=O) groups excluding carboxylic acids is 2. The molecule has 0 aliphatic rings. The molecule has 0 aliphatic heterocycles. The molecular weight excluding hydrogens is 533 g/mol. The molecular formula is C30H36FN3O5S. The monoisotopic (exact) mass is 569 g/mol. The van der Waals surface area contributed by atoms with E-state index in [1.807, 2.05) is 45.0 Å². The zero-order valence-corrected chi connectivity index (χ0v) is 24.2. The van der Waals surface area contributed by atoms with Crippen LogP contribution in [0.4, 0.5) is 10.1 Å². The van der Waals surface area contributed by atoms with Crippen molar-refractivity contribution in [3.05, 3.63) is 89.7 Å². The van der Waals surface area contributed by atoms with Crippen LogP contribution in [-0.4, -0.2) is 50.9 Å². The molecule has 2 amide bonds. The van der Waals surface area contributed by atoms with E-state index in [4.69, 9.17) is 4.74 Å². The van der Waals surface area contributed by atoms with E-state index in [2.05, 4.69) is 5.32 Å². The maximum atomic E-state index is 13.9. The second-order valence-corrected chi connectivity index (χ2v) is 11.5. The van der Waals surface area contributed by atoms with Crippen molar-refractivity contribution in [2.45, 2.75) is 57.6 Å². The Morgan fingerprint density at radius 3 is 2.10 bits per heavy atom. The van der Waals surface area contributed by atoms with E-state index in [0.29, 0.717) is 12.2 Å². The third kappa shape index (κ3) is 7.59. The smallest absolute Gasteiger partial charge is 0.264 e.